The first-order valence-electron chi connectivity index (χ1n) is 8.95. The van der Waals surface area contributed by atoms with Gasteiger partial charge in [0.25, 0.3) is 0 Å². The number of morpholine rings is 1. The molecule has 1 aromatic rings. The predicted octanol–water partition coefficient (Wildman–Crippen LogP) is 2.15. The molecule has 0 aliphatic carbocycles. The third-order valence-corrected chi connectivity index (χ3v) is 4.77. The Bertz CT molecular complexity index is 451. The van der Waals surface area contributed by atoms with E-state index < -0.39 is 0 Å². The zero-order chi connectivity index (χ0) is 15.9. The second-order valence-electron chi connectivity index (χ2n) is 6.78. The standard InChI is InChI=1S/C18H30N2O3/c1-16-3-4-18(23-16)14-20(13-17-5-10-22-15-17)7-2-6-19-8-11-21-12-9-19/h3-4,17H,2,5-15H2,1H3/t17-/m1/s1. The van der Waals surface area contributed by atoms with Crippen molar-refractivity contribution in [1.29, 1.82) is 0 Å². The fourth-order valence-corrected chi connectivity index (χ4v) is 3.46. The van der Waals surface area contributed by atoms with Crippen molar-refractivity contribution >= 4 is 0 Å². The number of hydrogen-bond donors (Lipinski definition) is 0. The molecule has 0 saturated carbocycles. The normalized spacial score (nSPS) is 23.0. The summed E-state index contributed by atoms with van der Waals surface area (Å²) in [5.41, 5.74) is 0. The summed E-state index contributed by atoms with van der Waals surface area (Å²) >= 11 is 0. The average molecular weight is 322 g/mol. The molecule has 2 saturated heterocycles. The summed E-state index contributed by atoms with van der Waals surface area (Å²) in [5.74, 6) is 2.75. The Labute approximate surface area is 139 Å². The van der Waals surface area contributed by atoms with Crippen molar-refractivity contribution in [3.63, 3.8) is 0 Å². The molecule has 0 radical (unpaired) electrons. The lowest BCUT2D eigenvalue weighted by Gasteiger charge is -2.28. The van der Waals surface area contributed by atoms with E-state index in [9.17, 15) is 0 Å². The van der Waals surface area contributed by atoms with Gasteiger partial charge in [0.2, 0.25) is 0 Å². The van der Waals surface area contributed by atoms with Gasteiger partial charge < -0.3 is 13.9 Å². The van der Waals surface area contributed by atoms with Gasteiger partial charge in [-0.05, 0) is 50.9 Å². The Morgan fingerprint density at radius 2 is 2.04 bits per heavy atom. The van der Waals surface area contributed by atoms with E-state index in [0.29, 0.717) is 5.92 Å². The molecule has 0 N–H and O–H groups in total. The lowest BCUT2D eigenvalue weighted by atomic mass is 10.1. The van der Waals surface area contributed by atoms with Gasteiger partial charge in [0, 0.05) is 26.2 Å². The van der Waals surface area contributed by atoms with E-state index >= 15 is 0 Å². The maximum absolute atomic E-state index is 5.77. The van der Waals surface area contributed by atoms with Gasteiger partial charge >= 0.3 is 0 Å². The van der Waals surface area contributed by atoms with Gasteiger partial charge in [0.1, 0.15) is 11.5 Å². The van der Waals surface area contributed by atoms with E-state index in [1.165, 1.54) is 12.8 Å². The molecule has 2 fully saturated rings. The van der Waals surface area contributed by atoms with E-state index in [4.69, 9.17) is 13.9 Å². The molecule has 5 nitrogen and oxygen atoms in total. The highest BCUT2D eigenvalue weighted by Crippen LogP contribution is 2.17. The molecule has 3 rings (SSSR count). The highest BCUT2D eigenvalue weighted by atomic mass is 16.5. The van der Waals surface area contributed by atoms with Crippen LogP contribution in [0, 0.1) is 12.8 Å². The molecule has 0 amide bonds. The molecule has 3 heterocycles. The van der Waals surface area contributed by atoms with Gasteiger partial charge in [-0.15, -0.1) is 0 Å². The zero-order valence-corrected chi connectivity index (χ0v) is 14.3. The van der Waals surface area contributed by atoms with Crippen LogP contribution < -0.4 is 0 Å². The summed E-state index contributed by atoms with van der Waals surface area (Å²) in [7, 11) is 0. The predicted molar refractivity (Wildman–Crippen MR) is 89.5 cm³/mol. The molecule has 130 valence electrons. The van der Waals surface area contributed by atoms with Gasteiger partial charge in [-0.1, -0.05) is 0 Å². The number of rotatable bonds is 8. The molecule has 1 aromatic heterocycles. The van der Waals surface area contributed by atoms with Crippen LogP contribution in [0.3, 0.4) is 0 Å². The van der Waals surface area contributed by atoms with Gasteiger partial charge in [-0.2, -0.15) is 0 Å². The highest BCUT2D eigenvalue weighted by Gasteiger charge is 2.20. The Morgan fingerprint density at radius 1 is 1.17 bits per heavy atom. The van der Waals surface area contributed by atoms with E-state index in [0.717, 1.165) is 77.2 Å². The lowest BCUT2D eigenvalue weighted by Crippen LogP contribution is -2.38. The van der Waals surface area contributed by atoms with Crippen LogP contribution in [0.25, 0.3) is 0 Å². The first-order valence-corrected chi connectivity index (χ1v) is 8.95. The zero-order valence-electron chi connectivity index (χ0n) is 14.3. The van der Waals surface area contributed by atoms with Crippen LogP contribution in [0.4, 0.5) is 0 Å². The highest BCUT2D eigenvalue weighted by molar-refractivity contribution is 5.05. The SMILES string of the molecule is Cc1ccc(CN(CCCN2CCOCC2)C[C@H]2CCOC2)o1. The summed E-state index contributed by atoms with van der Waals surface area (Å²) < 4.78 is 16.7. The molecule has 0 bridgehead atoms. The first-order chi connectivity index (χ1) is 11.3. The van der Waals surface area contributed by atoms with E-state index in [1.807, 2.05) is 6.92 Å². The molecular weight excluding hydrogens is 292 g/mol. The Kier molecular flexibility index (Phi) is 6.51. The minimum Gasteiger partial charge on any atom is -0.465 e. The van der Waals surface area contributed by atoms with E-state index in [1.54, 1.807) is 0 Å². The second-order valence-corrected chi connectivity index (χ2v) is 6.78. The molecule has 0 spiro atoms. The second kappa shape index (κ2) is 8.83. The molecule has 0 unspecified atom stereocenters. The van der Waals surface area contributed by atoms with Crippen LogP contribution in [0.2, 0.25) is 0 Å². The van der Waals surface area contributed by atoms with Crippen molar-refractivity contribution in [2.45, 2.75) is 26.3 Å². The molecule has 2 aliphatic heterocycles. The third kappa shape index (κ3) is 5.60. The topological polar surface area (TPSA) is 38.1 Å². The maximum Gasteiger partial charge on any atom is 0.118 e. The van der Waals surface area contributed by atoms with Crippen LogP contribution in [0.15, 0.2) is 16.5 Å². The minimum atomic E-state index is 0.675. The van der Waals surface area contributed by atoms with E-state index in [2.05, 4.69) is 21.9 Å². The monoisotopic (exact) mass is 322 g/mol. The summed E-state index contributed by atoms with van der Waals surface area (Å²) in [4.78, 5) is 5.05. The molecule has 1 atom stereocenters. The molecule has 2 aliphatic rings. The van der Waals surface area contributed by atoms with Crippen molar-refractivity contribution in [2.24, 2.45) is 5.92 Å². The lowest BCUT2D eigenvalue weighted by molar-refractivity contribution is 0.0356. The Morgan fingerprint density at radius 3 is 2.74 bits per heavy atom. The Balaban J connectivity index is 1.46. The van der Waals surface area contributed by atoms with Crippen molar-refractivity contribution in [2.75, 3.05) is 59.2 Å². The Hall–Kier alpha value is -0.880. The van der Waals surface area contributed by atoms with Crippen LogP contribution in [0.1, 0.15) is 24.4 Å². The smallest absolute Gasteiger partial charge is 0.118 e. The third-order valence-electron chi connectivity index (χ3n) is 4.77. The van der Waals surface area contributed by atoms with Crippen LogP contribution >= 0.6 is 0 Å². The van der Waals surface area contributed by atoms with Crippen molar-refractivity contribution < 1.29 is 13.9 Å². The first kappa shape index (κ1) is 17.0. The summed E-state index contributed by atoms with van der Waals surface area (Å²) in [6.07, 6.45) is 2.39. The summed E-state index contributed by atoms with van der Waals surface area (Å²) in [5, 5.41) is 0. The number of nitrogens with zero attached hydrogens (tertiary/aromatic N) is 2. The number of ether oxygens (including phenoxy) is 2. The largest absolute Gasteiger partial charge is 0.465 e. The molecule has 5 heteroatoms. The van der Waals surface area contributed by atoms with Gasteiger partial charge in [0.15, 0.2) is 0 Å². The summed E-state index contributed by atoms with van der Waals surface area (Å²) in [6.45, 7) is 12.1. The molecule has 0 aromatic carbocycles. The van der Waals surface area contributed by atoms with Crippen LogP contribution in [-0.4, -0.2) is 69.0 Å². The van der Waals surface area contributed by atoms with E-state index in [-0.39, 0.29) is 0 Å². The van der Waals surface area contributed by atoms with Gasteiger partial charge in [0.05, 0.1) is 26.4 Å². The maximum atomic E-state index is 5.77. The van der Waals surface area contributed by atoms with Crippen LogP contribution in [0.5, 0.6) is 0 Å². The quantitative estimate of drug-likeness (QED) is 0.733. The average Bonchev–Trinajstić information content (AvgIpc) is 3.20. The number of hydrogen-bond acceptors (Lipinski definition) is 5. The van der Waals surface area contributed by atoms with Gasteiger partial charge in [-0.3, -0.25) is 9.80 Å². The minimum absolute atomic E-state index is 0.675. The van der Waals surface area contributed by atoms with Crippen molar-refractivity contribution in [3.8, 4) is 0 Å². The van der Waals surface area contributed by atoms with Gasteiger partial charge in [-0.25, -0.2) is 0 Å². The molecular formula is C18H30N2O3. The fourth-order valence-electron chi connectivity index (χ4n) is 3.46. The fraction of sp³-hybridized carbons (Fsp3) is 0.778. The summed E-state index contributed by atoms with van der Waals surface area (Å²) in [6, 6.07) is 4.16. The number of furan rings is 1. The molecule has 23 heavy (non-hydrogen) atoms. The van der Waals surface area contributed by atoms with Crippen molar-refractivity contribution in [3.05, 3.63) is 23.7 Å². The van der Waals surface area contributed by atoms with Crippen LogP contribution in [-0.2, 0) is 16.0 Å². The van der Waals surface area contributed by atoms with Crippen molar-refractivity contribution in [1.82, 2.24) is 9.80 Å². The number of aryl methyl sites for hydroxylation is 1.